The number of carbonyl (C=O) groups excluding carboxylic acids is 2. The van der Waals surface area contributed by atoms with Gasteiger partial charge >= 0.3 is 0 Å². The smallest absolute Gasteiger partial charge is 0.264 e. The fourth-order valence-electron chi connectivity index (χ4n) is 5.05. The van der Waals surface area contributed by atoms with Crippen molar-refractivity contribution in [2.45, 2.75) is 57.5 Å². The normalized spacial score (nSPS) is 11.9. The van der Waals surface area contributed by atoms with E-state index in [1.165, 1.54) is 17.0 Å². The van der Waals surface area contributed by atoms with E-state index in [0.717, 1.165) is 33.8 Å². The van der Waals surface area contributed by atoms with Crippen molar-refractivity contribution in [3.63, 3.8) is 0 Å². The van der Waals surface area contributed by atoms with Crippen LogP contribution in [0, 0.1) is 13.8 Å². The summed E-state index contributed by atoms with van der Waals surface area (Å²) >= 11 is 12.5. The first-order valence-corrected chi connectivity index (χ1v) is 17.4. The number of hydrogen-bond acceptors (Lipinski definition) is 4. The molecule has 46 heavy (non-hydrogen) atoms. The zero-order chi connectivity index (χ0) is 33.3. The molecular weight excluding hydrogens is 641 g/mol. The third-order valence-electron chi connectivity index (χ3n) is 7.69. The first-order valence-electron chi connectivity index (χ1n) is 15.2. The summed E-state index contributed by atoms with van der Waals surface area (Å²) < 4.78 is 29.6. The van der Waals surface area contributed by atoms with Crippen LogP contribution >= 0.6 is 23.2 Å². The highest BCUT2D eigenvalue weighted by Gasteiger charge is 2.35. The van der Waals surface area contributed by atoms with Gasteiger partial charge in [-0.15, -0.1) is 0 Å². The van der Waals surface area contributed by atoms with E-state index >= 15 is 0 Å². The predicted octanol–water partition coefficient (Wildman–Crippen LogP) is 7.36. The molecule has 0 unspecified atom stereocenters. The van der Waals surface area contributed by atoms with Crippen molar-refractivity contribution in [1.82, 2.24) is 10.2 Å². The predicted molar refractivity (Wildman–Crippen MR) is 186 cm³/mol. The molecule has 10 heteroatoms. The molecule has 0 aliphatic rings. The zero-order valence-corrected chi connectivity index (χ0v) is 28.6. The maximum Gasteiger partial charge on any atom is 0.264 e. The Bertz CT molecular complexity index is 1730. The fourth-order valence-corrected chi connectivity index (χ4v) is 6.81. The van der Waals surface area contributed by atoms with Crippen LogP contribution in [-0.2, 0) is 32.6 Å². The molecule has 1 N–H and O–H groups in total. The van der Waals surface area contributed by atoms with Crippen molar-refractivity contribution in [2.24, 2.45) is 0 Å². The first-order chi connectivity index (χ1) is 22.0. The van der Waals surface area contributed by atoms with Gasteiger partial charge in [-0.3, -0.25) is 13.9 Å². The van der Waals surface area contributed by atoms with Gasteiger partial charge in [0.2, 0.25) is 11.8 Å². The Morgan fingerprint density at radius 2 is 1.48 bits per heavy atom. The van der Waals surface area contributed by atoms with Gasteiger partial charge in [0.25, 0.3) is 10.0 Å². The van der Waals surface area contributed by atoms with Gasteiger partial charge < -0.3 is 10.2 Å². The SMILES string of the molecule is CCCCNC(=O)[C@@H](Cc1ccccc1)N(Cc1ccc(Cl)cc1)C(=O)CN(c1cc(Cl)ccc1C)S(=O)(=O)c1ccc(C)cc1. The lowest BCUT2D eigenvalue weighted by molar-refractivity contribution is -0.140. The molecule has 0 fully saturated rings. The molecule has 0 aliphatic carbocycles. The lowest BCUT2D eigenvalue weighted by atomic mass is 10.0. The lowest BCUT2D eigenvalue weighted by Crippen LogP contribution is -2.53. The van der Waals surface area contributed by atoms with E-state index in [1.54, 1.807) is 61.5 Å². The maximum absolute atomic E-state index is 14.6. The van der Waals surface area contributed by atoms with Gasteiger partial charge in [-0.2, -0.15) is 0 Å². The second-order valence-corrected chi connectivity index (χ2v) is 14.0. The molecular formula is C36H39Cl2N3O4S. The van der Waals surface area contributed by atoms with E-state index in [2.05, 4.69) is 5.32 Å². The molecule has 4 rings (SSSR count). The van der Waals surface area contributed by atoms with Crippen molar-refractivity contribution in [3.8, 4) is 0 Å². The Hall–Kier alpha value is -3.85. The van der Waals surface area contributed by atoms with E-state index in [9.17, 15) is 18.0 Å². The van der Waals surface area contributed by atoms with Crippen LogP contribution in [-0.4, -0.2) is 44.3 Å². The number of amides is 2. The van der Waals surface area contributed by atoms with Crippen LogP contribution in [0.5, 0.6) is 0 Å². The molecule has 0 saturated heterocycles. The molecule has 7 nitrogen and oxygen atoms in total. The molecule has 0 spiro atoms. The van der Waals surface area contributed by atoms with Crippen LogP contribution in [0.1, 0.15) is 42.0 Å². The van der Waals surface area contributed by atoms with E-state index in [-0.39, 0.29) is 29.5 Å². The average Bonchev–Trinajstić information content (AvgIpc) is 3.04. The van der Waals surface area contributed by atoms with Gasteiger partial charge in [0, 0.05) is 29.6 Å². The number of carbonyl (C=O) groups is 2. The Kier molecular flexibility index (Phi) is 12.3. The first kappa shape index (κ1) is 35.0. The lowest BCUT2D eigenvalue weighted by Gasteiger charge is -2.34. The number of rotatable bonds is 14. The fraction of sp³-hybridized carbons (Fsp3) is 0.278. The molecule has 0 aromatic heterocycles. The Morgan fingerprint density at radius 1 is 0.826 bits per heavy atom. The van der Waals surface area contributed by atoms with Crippen LogP contribution in [0.4, 0.5) is 5.69 Å². The molecule has 0 bridgehead atoms. The van der Waals surface area contributed by atoms with Crippen molar-refractivity contribution < 1.29 is 18.0 Å². The third-order valence-corrected chi connectivity index (χ3v) is 9.96. The topological polar surface area (TPSA) is 86.8 Å². The number of nitrogens with zero attached hydrogens (tertiary/aromatic N) is 2. The highest BCUT2D eigenvalue weighted by Crippen LogP contribution is 2.30. The van der Waals surface area contributed by atoms with Gasteiger partial charge in [-0.05, 0) is 73.4 Å². The summed E-state index contributed by atoms with van der Waals surface area (Å²) in [4.78, 5) is 29.9. The summed E-state index contributed by atoms with van der Waals surface area (Å²) in [5.41, 5.74) is 3.40. The van der Waals surface area contributed by atoms with Crippen LogP contribution in [0.15, 0.2) is 102 Å². The van der Waals surface area contributed by atoms with E-state index in [4.69, 9.17) is 23.2 Å². The Labute approximate surface area is 282 Å². The van der Waals surface area contributed by atoms with Gasteiger partial charge in [0.1, 0.15) is 12.6 Å². The Morgan fingerprint density at radius 3 is 2.13 bits per heavy atom. The number of benzene rings is 4. The molecule has 2 amide bonds. The minimum absolute atomic E-state index is 0.0349. The molecule has 0 aliphatic heterocycles. The van der Waals surface area contributed by atoms with Crippen molar-refractivity contribution in [2.75, 3.05) is 17.4 Å². The summed E-state index contributed by atoms with van der Waals surface area (Å²) in [5, 5.41) is 3.85. The summed E-state index contributed by atoms with van der Waals surface area (Å²) in [6.07, 6.45) is 1.91. The zero-order valence-electron chi connectivity index (χ0n) is 26.2. The van der Waals surface area contributed by atoms with Crippen molar-refractivity contribution in [3.05, 3.63) is 129 Å². The van der Waals surface area contributed by atoms with Crippen molar-refractivity contribution >= 4 is 50.7 Å². The molecule has 0 heterocycles. The van der Waals surface area contributed by atoms with Crippen LogP contribution in [0.25, 0.3) is 0 Å². The van der Waals surface area contributed by atoms with Gasteiger partial charge in [-0.1, -0.05) is 103 Å². The van der Waals surface area contributed by atoms with Crippen LogP contribution < -0.4 is 9.62 Å². The quantitative estimate of drug-likeness (QED) is 0.141. The monoisotopic (exact) mass is 679 g/mol. The molecule has 1 atom stereocenters. The van der Waals surface area contributed by atoms with Gasteiger partial charge in [-0.25, -0.2) is 8.42 Å². The Balaban J connectivity index is 1.81. The highest BCUT2D eigenvalue weighted by molar-refractivity contribution is 7.92. The summed E-state index contributed by atoms with van der Waals surface area (Å²) in [6, 6.07) is 26.9. The van der Waals surface area contributed by atoms with Gasteiger partial charge in [0.15, 0.2) is 0 Å². The summed E-state index contributed by atoms with van der Waals surface area (Å²) in [7, 11) is -4.23. The summed E-state index contributed by atoms with van der Waals surface area (Å²) in [6.45, 7) is 5.62. The summed E-state index contributed by atoms with van der Waals surface area (Å²) in [5.74, 6) is -0.858. The largest absolute Gasteiger partial charge is 0.354 e. The maximum atomic E-state index is 14.6. The number of unbranched alkanes of at least 4 members (excludes halogenated alkanes) is 1. The molecule has 0 saturated carbocycles. The molecule has 4 aromatic rings. The van der Waals surface area contributed by atoms with E-state index < -0.39 is 28.5 Å². The van der Waals surface area contributed by atoms with Gasteiger partial charge in [0.05, 0.1) is 10.6 Å². The number of nitrogens with one attached hydrogen (secondary N) is 1. The minimum Gasteiger partial charge on any atom is -0.354 e. The minimum atomic E-state index is -4.23. The van der Waals surface area contributed by atoms with Crippen LogP contribution in [0.3, 0.4) is 0 Å². The van der Waals surface area contributed by atoms with Crippen molar-refractivity contribution in [1.29, 1.82) is 0 Å². The van der Waals surface area contributed by atoms with Crippen LogP contribution in [0.2, 0.25) is 10.0 Å². The van der Waals surface area contributed by atoms with E-state index in [0.29, 0.717) is 22.2 Å². The highest BCUT2D eigenvalue weighted by atomic mass is 35.5. The number of halogens is 2. The molecule has 4 aromatic carbocycles. The average molecular weight is 681 g/mol. The second-order valence-electron chi connectivity index (χ2n) is 11.3. The second kappa shape index (κ2) is 16.1. The number of sulfonamides is 1. The molecule has 242 valence electrons. The number of aryl methyl sites for hydroxylation is 2. The standard InChI is InChI=1S/C36H39Cl2N3O4S/c1-4-5-21-39-36(43)34(22-28-9-7-6-8-10-28)40(24-29-14-17-30(37)18-15-29)35(42)25-41(33-23-31(38)16-13-27(33)3)46(44,45)32-19-11-26(2)12-20-32/h6-20,23,34H,4-5,21-22,24-25H2,1-3H3,(H,39,43)/t34-/m1/s1. The third kappa shape index (κ3) is 9.12. The van der Waals surface area contributed by atoms with E-state index in [1.807, 2.05) is 44.2 Å². The molecule has 0 radical (unpaired) electrons. The number of hydrogen-bond donors (Lipinski definition) is 1. The number of anilines is 1.